The van der Waals surface area contributed by atoms with E-state index in [1.807, 2.05) is 6.92 Å². The van der Waals surface area contributed by atoms with E-state index in [9.17, 15) is 9.90 Å². The van der Waals surface area contributed by atoms with Gasteiger partial charge < -0.3 is 20.5 Å². The SMILES string of the molecule is COC(=O)c1c(NC(=S)Nc2ccc(O)cc2C)sc2c1CC[C@@H](C)C2. The number of esters is 1. The van der Waals surface area contributed by atoms with Crippen molar-refractivity contribution in [3.05, 3.63) is 39.8 Å². The van der Waals surface area contributed by atoms with E-state index >= 15 is 0 Å². The Morgan fingerprint density at radius 3 is 2.85 bits per heavy atom. The fraction of sp³-hybridized carbons (Fsp3) is 0.368. The molecule has 1 aliphatic carbocycles. The van der Waals surface area contributed by atoms with E-state index in [1.54, 1.807) is 29.5 Å². The lowest BCUT2D eigenvalue weighted by Gasteiger charge is -2.18. The average molecular weight is 391 g/mol. The second-order valence-corrected chi connectivity index (χ2v) is 8.14. The van der Waals surface area contributed by atoms with Gasteiger partial charge in [-0.2, -0.15) is 0 Å². The summed E-state index contributed by atoms with van der Waals surface area (Å²) in [6, 6.07) is 5.03. The first-order valence-electron chi connectivity index (χ1n) is 8.49. The molecular weight excluding hydrogens is 368 g/mol. The van der Waals surface area contributed by atoms with Crippen LogP contribution in [0.25, 0.3) is 0 Å². The smallest absolute Gasteiger partial charge is 0.341 e. The third kappa shape index (κ3) is 3.83. The third-order valence-electron chi connectivity index (χ3n) is 4.59. The second kappa shape index (κ2) is 7.63. The van der Waals surface area contributed by atoms with Gasteiger partial charge in [-0.1, -0.05) is 6.92 Å². The molecule has 0 unspecified atom stereocenters. The molecule has 26 heavy (non-hydrogen) atoms. The van der Waals surface area contributed by atoms with Crippen molar-refractivity contribution >= 4 is 45.3 Å². The Morgan fingerprint density at radius 2 is 2.15 bits per heavy atom. The van der Waals surface area contributed by atoms with Gasteiger partial charge in [0.1, 0.15) is 10.8 Å². The molecule has 138 valence electrons. The Bertz CT molecular complexity index is 861. The number of phenolic OH excluding ortho intramolecular Hbond substituents is 1. The third-order valence-corrected chi connectivity index (χ3v) is 5.96. The zero-order chi connectivity index (χ0) is 18.8. The number of benzene rings is 1. The average Bonchev–Trinajstić information content (AvgIpc) is 2.93. The number of hydrogen-bond acceptors (Lipinski definition) is 5. The number of fused-ring (bicyclic) bond motifs is 1. The molecule has 3 N–H and O–H groups in total. The summed E-state index contributed by atoms with van der Waals surface area (Å²) in [6.07, 6.45) is 2.93. The Hall–Kier alpha value is -2.12. The van der Waals surface area contributed by atoms with E-state index in [1.165, 1.54) is 12.0 Å². The van der Waals surface area contributed by atoms with E-state index in [0.717, 1.165) is 41.1 Å². The number of carbonyl (C=O) groups excluding carboxylic acids is 1. The number of anilines is 2. The van der Waals surface area contributed by atoms with Crippen molar-refractivity contribution in [2.75, 3.05) is 17.7 Å². The molecule has 0 amide bonds. The zero-order valence-electron chi connectivity index (χ0n) is 15.0. The monoisotopic (exact) mass is 390 g/mol. The molecule has 2 aromatic rings. The van der Waals surface area contributed by atoms with E-state index in [-0.39, 0.29) is 11.7 Å². The van der Waals surface area contributed by atoms with Crippen LogP contribution in [0.1, 0.15) is 39.7 Å². The first-order chi connectivity index (χ1) is 12.4. The standard InChI is InChI=1S/C19H22N2O3S2/c1-10-4-6-13-15(8-10)26-17(16(13)18(23)24-3)21-19(25)20-14-7-5-12(22)9-11(14)2/h5,7,9-10,22H,4,6,8H2,1-3H3,(H2,20,21,25)/t10-/m1/s1. The van der Waals surface area contributed by atoms with Crippen molar-refractivity contribution in [2.45, 2.75) is 33.1 Å². The molecule has 0 radical (unpaired) electrons. The number of ether oxygens (including phenoxy) is 1. The Morgan fingerprint density at radius 1 is 1.38 bits per heavy atom. The molecule has 7 heteroatoms. The summed E-state index contributed by atoms with van der Waals surface area (Å²) in [5.74, 6) is 0.493. The van der Waals surface area contributed by atoms with Gasteiger partial charge in [0.25, 0.3) is 0 Å². The first kappa shape index (κ1) is 18.7. The van der Waals surface area contributed by atoms with Crippen molar-refractivity contribution in [1.82, 2.24) is 0 Å². The van der Waals surface area contributed by atoms with Crippen molar-refractivity contribution in [2.24, 2.45) is 5.92 Å². The van der Waals surface area contributed by atoms with E-state index in [2.05, 4.69) is 17.6 Å². The lowest BCUT2D eigenvalue weighted by molar-refractivity contribution is 0.0601. The Labute approximate surface area is 162 Å². The molecular formula is C19H22N2O3S2. The van der Waals surface area contributed by atoms with Crippen LogP contribution in [0, 0.1) is 12.8 Å². The molecule has 3 rings (SSSR count). The second-order valence-electron chi connectivity index (χ2n) is 6.63. The highest BCUT2D eigenvalue weighted by Crippen LogP contribution is 2.40. The normalized spacial score (nSPS) is 15.9. The minimum Gasteiger partial charge on any atom is -0.508 e. The predicted octanol–water partition coefficient (Wildman–Crippen LogP) is 4.48. The number of rotatable bonds is 3. The fourth-order valence-corrected chi connectivity index (χ4v) is 4.88. The number of carbonyl (C=O) groups is 1. The lowest BCUT2D eigenvalue weighted by Crippen LogP contribution is -2.21. The number of aryl methyl sites for hydroxylation is 1. The summed E-state index contributed by atoms with van der Waals surface area (Å²) in [5, 5.41) is 16.9. The summed E-state index contributed by atoms with van der Waals surface area (Å²) in [6.45, 7) is 4.11. The van der Waals surface area contributed by atoms with E-state index in [4.69, 9.17) is 17.0 Å². The van der Waals surface area contributed by atoms with Crippen LogP contribution in [0.4, 0.5) is 10.7 Å². The van der Waals surface area contributed by atoms with Crippen molar-refractivity contribution in [1.29, 1.82) is 0 Å². The predicted molar refractivity (Wildman–Crippen MR) is 110 cm³/mol. The summed E-state index contributed by atoms with van der Waals surface area (Å²) < 4.78 is 5.00. The topological polar surface area (TPSA) is 70.6 Å². The maximum atomic E-state index is 12.3. The molecule has 1 aromatic heterocycles. The van der Waals surface area contributed by atoms with Crippen molar-refractivity contribution < 1.29 is 14.6 Å². The van der Waals surface area contributed by atoms with Gasteiger partial charge in [-0.25, -0.2) is 4.79 Å². The summed E-state index contributed by atoms with van der Waals surface area (Å²) in [5.41, 5.74) is 3.37. The molecule has 1 aromatic carbocycles. The van der Waals surface area contributed by atoms with Crippen molar-refractivity contribution in [3.63, 3.8) is 0 Å². The van der Waals surface area contributed by atoms with Gasteiger partial charge in [-0.15, -0.1) is 11.3 Å². The van der Waals surface area contributed by atoms with Crippen LogP contribution in [-0.4, -0.2) is 23.3 Å². The number of hydrogen-bond donors (Lipinski definition) is 3. The van der Waals surface area contributed by atoms with Crippen LogP contribution in [0.3, 0.4) is 0 Å². The van der Waals surface area contributed by atoms with E-state index < -0.39 is 0 Å². The fourth-order valence-electron chi connectivity index (χ4n) is 3.20. The highest BCUT2D eigenvalue weighted by atomic mass is 32.1. The van der Waals surface area contributed by atoms with Gasteiger partial charge in [0.05, 0.1) is 12.7 Å². The number of thiophene rings is 1. The van der Waals surface area contributed by atoms with Crippen LogP contribution in [0.5, 0.6) is 5.75 Å². The van der Waals surface area contributed by atoms with Crippen molar-refractivity contribution in [3.8, 4) is 5.75 Å². The summed E-state index contributed by atoms with van der Waals surface area (Å²) in [4.78, 5) is 13.6. The number of methoxy groups -OCH3 is 1. The molecule has 0 saturated heterocycles. The van der Waals surface area contributed by atoms with Gasteiger partial charge in [-0.05, 0) is 73.6 Å². The number of thiocarbonyl (C=S) groups is 1. The number of phenols is 1. The van der Waals surface area contributed by atoms with Gasteiger partial charge in [0.15, 0.2) is 5.11 Å². The Kier molecular flexibility index (Phi) is 5.48. The maximum absolute atomic E-state index is 12.3. The number of nitrogens with one attached hydrogen (secondary N) is 2. The Balaban J connectivity index is 1.84. The van der Waals surface area contributed by atoms with Gasteiger partial charge in [0.2, 0.25) is 0 Å². The lowest BCUT2D eigenvalue weighted by atomic mass is 9.88. The highest BCUT2D eigenvalue weighted by Gasteiger charge is 2.28. The molecule has 1 atom stereocenters. The summed E-state index contributed by atoms with van der Waals surface area (Å²) in [7, 11) is 1.40. The van der Waals surface area contributed by atoms with E-state index in [0.29, 0.717) is 16.6 Å². The first-order valence-corrected chi connectivity index (χ1v) is 9.72. The molecule has 0 spiro atoms. The van der Waals surface area contributed by atoms with Crippen LogP contribution < -0.4 is 10.6 Å². The molecule has 1 heterocycles. The van der Waals surface area contributed by atoms with Crippen LogP contribution in [0.2, 0.25) is 0 Å². The quantitative estimate of drug-likeness (QED) is 0.408. The van der Waals surface area contributed by atoms with Crippen LogP contribution in [-0.2, 0) is 17.6 Å². The van der Waals surface area contributed by atoms with Crippen LogP contribution in [0.15, 0.2) is 18.2 Å². The summed E-state index contributed by atoms with van der Waals surface area (Å²) >= 11 is 7.00. The largest absolute Gasteiger partial charge is 0.508 e. The maximum Gasteiger partial charge on any atom is 0.341 e. The van der Waals surface area contributed by atoms with Gasteiger partial charge in [-0.3, -0.25) is 0 Å². The minimum absolute atomic E-state index is 0.208. The number of aromatic hydroxyl groups is 1. The highest BCUT2D eigenvalue weighted by molar-refractivity contribution is 7.80. The molecule has 5 nitrogen and oxygen atoms in total. The minimum atomic E-state index is -0.330. The molecule has 0 aliphatic heterocycles. The molecule has 0 fully saturated rings. The molecule has 0 saturated carbocycles. The zero-order valence-corrected chi connectivity index (χ0v) is 16.6. The molecule has 1 aliphatic rings. The van der Waals surface area contributed by atoms with Gasteiger partial charge >= 0.3 is 5.97 Å². The molecule has 0 bridgehead atoms. The van der Waals surface area contributed by atoms with Crippen LogP contribution >= 0.6 is 23.6 Å². The van der Waals surface area contributed by atoms with Gasteiger partial charge in [0, 0.05) is 10.6 Å².